The smallest absolute Gasteiger partial charge is 0.261 e. The first-order chi connectivity index (χ1) is 9.15. The highest BCUT2D eigenvalue weighted by Gasteiger charge is 2.17. The van der Waals surface area contributed by atoms with E-state index in [1.54, 1.807) is 11.6 Å². The number of nitrogens with one attached hydrogen (secondary N) is 1. The first-order valence-electron chi connectivity index (χ1n) is 5.31. The molecule has 1 heterocycles. The molecule has 0 saturated heterocycles. The van der Waals surface area contributed by atoms with Crippen LogP contribution in [-0.4, -0.2) is 30.2 Å². The number of methoxy groups -OCH3 is 2. The third-order valence-corrected chi connectivity index (χ3v) is 3.09. The van der Waals surface area contributed by atoms with E-state index in [-0.39, 0.29) is 11.3 Å². The summed E-state index contributed by atoms with van der Waals surface area (Å²) in [7, 11) is 2.91. The molecule has 6 nitrogen and oxygen atoms in total. The minimum atomic E-state index is -0.464. The summed E-state index contributed by atoms with van der Waals surface area (Å²) in [5.41, 5.74) is 0.0906. The van der Waals surface area contributed by atoms with Gasteiger partial charge in [-0.1, -0.05) is 0 Å². The van der Waals surface area contributed by atoms with E-state index in [1.807, 2.05) is 0 Å². The van der Waals surface area contributed by atoms with Gasteiger partial charge in [0.2, 0.25) is 0 Å². The Morgan fingerprint density at radius 1 is 1.32 bits per heavy atom. The van der Waals surface area contributed by atoms with Gasteiger partial charge in [0.25, 0.3) is 5.91 Å². The van der Waals surface area contributed by atoms with Gasteiger partial charge in [-0.25, -0.2) is 4.98 Å². The van der Waals surface area contributed by atoms with Gasteiger partial charge in [-0.05, 0) is 0 Å². The number of thiazole rings is 1. The van der Waals surface area contributed by atoms with Crippen molar-refractivity contribution in [3.8, 4) is 17.2 Å². The normalized spacial score (nSPS) is 10.0. The Hall–Kier alpha value is -2.28. The Kier molecular flexibility index (Phi) is 3.86. The van der Waals surface area contributed by atoms with Crippen molar-refractivity contribution in [3.63, 3.8) is 0 Å². The van der Waals surface area contributed by atoms with E-state index in [9.17, 15) is 9.90 Å². The number of hydrogen-bond donors (Lipinski definition) is 2. The van der Waals surface area contributed by atoms with Crippen LogP contribution in [0.15, 0.2) is 23.7 Å². The predicted octanol–water partition coefficient (Wildman–Crippen LogP) is 2.12. The van der Waals surface area contributed by atoms with Crippen molar-refractivity contribution in [2.45, 2.75) is 0 Å². The fourth-order valence-corrected chi connectivity index (χ4v) is 2.02. The quantitative estimate of drug-likeness (QED) is 0.896. The molecule has 100 valence electrons. The SMILES string of the molecule is COc1cc(O)c(C(=O)Nc2nccs2)cc1OC. The zero-order valence-electron chi connectivity index (χ0n) is 10.3. The molecular formula is C12H12N2O4S. The zero-order valence-corrected chi connectivity index (χ0v) is 11.2. The molecule has 0 saturated carbocycles. The highest BCUT2D eigenvalue weighted by Crippen LogP contribution is 2.34. The molecule has 2 N–H and O–H groups in total. The molecule has 0 fully saturated rings. The highest BCUT2D eigenvalue weighted by molar-refractivity contribution is 7.13. The molecule has 0 aliphatic carbocycles. The summed E-state index contributed by atoms with van der Waals surface area (Å²) in [6.45, 7) is 0. The molecule has 0 atom stereocenters. The van der Waals surface area contributed by atoms with Gasteiger partial charge in [0.15, 0.2) is 16.6 Å². The van der Waals surface area contributed by atoms with Crippen LogP contribution in [0.5, 0.6) is 17.2 Å². The molecule has 0 radical (unpaired) electrons. The first kappa shape index (κ1) is 13.2. The number of nitrogens with zero attached hydrogens (tertiary/aromatic N) is 1. The maximum absolute atomic E-state index is 12.0. The second-order valence-corrected chi connectivity index (χ2v) is 4.41. The molecule has 1 aromatic heterocycles. The van der Waals surface area contributed by atoms with Crippen molar-refractivity contribution < 1.29 is 19.4 Å². The van der Waals surface area contributed by atoms with Gasteiger partial charge in [-0.3, -0.25) is 10.1 Å². The van der Waals surface area contributed by atoms with E-state index in [0.29, 0.717) is 16.6 Å². The van der Waals surface area contributed by atoms with Crippen LogP contribution in [0.2, 0.25) is 0 Å². The topological polar surface area (TPSA) is 80.7 Å². The van der Waals surface area contributed by atoms with Crippen LogP contribution in [0, 0.1) is 0 Å². The zero-order chi connectivity index (χ0) is 13.8. The summed E-state index contributed by atoms with van der Waals surface area (Å²) in [5, 5.41) is 14.6. The second kappa shape index (κ2) is 5.57. The van der Waals surface area contributed by atoms with Crippen LogP contribution >= 0.6 is 11.3 Å². The van der Waals surface area contributed by atoms with Crippen molar-refractivity contribution in [2.24, 2.45) is 0 Å². The summed E-state index contributed by atoms with van der Waals surface area (Å²) >= 11 is 1.29. The maximum Gasteiger partial charge on any atom is 0.261 e. The maximum atomic E-state index is 12.0. The number of aromatic nitrogens is 1. The largest absolute Gasteiger partial charge is 0.507 e. The monoisotopic (exact) mass is 280 g/mol. The van der Waals surface area contributed by atoms with Crippen molar-refractivity contribution >= 4 is 22.4 Å². The van der Waals surface area contributed by atoms with E-state index in [0.717, 1.165) is 0 Å². The lowest BCUT2D eigenvalue weighted by molar-refractivity contribution is 0.102. The minimum Gasteiger partial charge on any atom is -0.507 e. The molecule has 19 heavy (non-hydrogen) atoms. The van der Waals surface area contributed by atoms with Gasteiger partial charge in [0.05, 0.1) is 19.8 Å². The summed E-state index contributed by atoms with van der Waals surface area (Å²) in [6, 6.07) is 2.74. The van der Waals surface area contributed by atoms with Crippen LogP contribution in [0.1, 0.15) is 10.4 Å². The number of rotatable bonds is 4. The van der Waals surface area contributed by atoms with Crippen molar-refractivity contribution in [3.05, 3.63) is 29.3 Å². The van der Waals surface area contributed by atoms with E-state index in [4.69, 9.17) is 9.47 Å². The van der Waals surface area contributed by atoms with Gasteiger partial charge < -0.3 is 14.6 Å². The lowest BCUT2D eigenvalue weighted by atomic mass is 10.1. The Balaban J connectivity index is 2.31. The number of phenolic OH excluding ortho intramolecular Hbond substituents is 1. The summed E-state index contributed by atoms with van der Waals surface area (Å²) < 4.78 is 10.1. The number of benzene rings is 1. The summed E-state index contributed by atoms with van der Waals surface area (Å²) in [5.74, 6) is 0.0653. The van der Waals surface area contributed by atoms with Crippen molar-refractivity contribution in [1.29, 1.82) is 0 Å². The number of phenols is 1. The van der Waals surface area contributed by atoms with Gasteiger partial charge in [0.1, 0.15) is 5.75 Å². The molecule has 0 spiro atoms. The fourth-order valence-electron chi connectivity index (χ4n) is 1.50. The van der Waals surface area contributed by atoms with Crippen LogP contribution in [0.4, 0.5) is 5.13 Å². The Morgan fingerprint density at radius 2 is 2.00 bits per heavy atom. The molecule has 0 unspecified atom stereocenters. The van der Waals surface area contributed by atoms with Gasteiger partial charge in [0, 0.05) is 23.7 Å². The van der Waals surface area contributed by atoms with Gasteiger partial charge in [-0.15, -0.1) is 11.3 Å². The van der Waals surface area contributed by atoms with Gasteiger partial charge in [-0.2, -0.15) is 0 Å². The molecule has 0 bridgehead atoms. The average Bonchev–Trinajstić information content (AvgIpc) is 2.90. The van der Waals surface area contributed by atoms with Crippen LogP contribution in [0.3, 0.4) is 0 Å². The molecule has 7 heteroatoms. The first-order valence-corrected chi connectivity index (χ1v) is 6.19. The third kappa shape index (κ3) is 2.76. The predicted molar refractivity (Wildman–Crippen MR) is 71.3 cm³/mol. The number of carbonyl (C=O) groups excluding carboxylic acids is 1. The molecule has 1 amide bonds. The molecule has 2 aromatic rings. The number of hydrogen-bond acceptors (Lipinski definition) is 6. The Bertz CT molecular complexity index is 584. The molecule has 1 aromatic carbocycles. The third-order valence-electron chi connectivity index (χ3n) is 2.40. The lowest BCUT2D eigenvalue weighted by Gasteiger charge is -2.11. The van der Waals surface area contributed by atoms with Crippen LogP contribution in [0.25, 0.3) is 0 Å². The number of aromatic hydroxyl groups is 1. The summed E-state index contributed by atoms with van der Waals surface area (Å²) in [4.78, 5) is 15.9. The van der Waals surface area contributed by atoms with E-state index < -0.39 is 5.91 Å². The Labute approximate surface area is 113 Å². The van der Waals surface area contributed by atoms with E-state index in [1.165, 1.54) is 37.7 Å². The van der Waals surface area contributed by atoms with E-state index >= 15 is 0 Å². The van der Waals surface area contributed by atoms with Gasteiger partial charge >= 0.3 is 0 Å². The molecule has 0 aliphatic heterocycles. The van der Waals surface area contributed by atoms with Crippen molar-refractivity contribution in [2.75, 3.05) is 19.5 Å². The Morgan fingerprint density at radius 3 is 2.58 bits per heavy atom. The fraction of sp³-hybridized carbons (Fsp3) is 0.167. The summed E-state index contributed by atoms with van der Waals surface area (Å²) in [6.07, 6.45) is 1.58. The number of ether oxygens (including phenoxy) is 2. The molecule has 0 aliphatic rings. The van der Waals surface area contributed by atoms with E-state index in [2.05, 4.69) is 10.3 Å². The molecular weight excluding hydrogens is 268 g/mol. The lowest BCUT2D eigenvalue weighted by Crippen LogP contribution is -2.12. The second-order valence-electron chi connectivity index (χ2n) is 3.52. The average molecular weight is 280 g/mol. The minimum absolute atomic E-state index is 0.0906. The number of amides is 1. The number of anilines is 1. The molecule has 2 rings (SSSR count). The van der Waals surface area contributed by atoms with Crippen molar-refractivity contribution in [1.82, 2.24) is 4.98 Å². The van der Waals surface area contributed by atoms with Crippen LogP contribution in [-0.2, 0) is 0 Å². The number of carbonyl (C=O) groups is 1. The highest BCUT2D eigenvalue weighted by atomic mass is 32.1. The van der Waals surface area contributed by atoms with Crippen LogP contribution < -0.4 is 14.8 Å². The standard InChI is InChI=1S/C12H12N2O4S/c1-17-9-5-7(8(15)6-10(9)18-2)11(16)14-12-13-3-4-19-12/h3-6,15H,1-2H3,(H,13,14,16).